The van der Waals surface area contributed by atoms with E-state index in [-0.39, 0.29) is 11.9 Å². The van der Waals surface area contributed by atoms with Gasteiger partial charge in [-0.3, -0.25) is 4.79 Å². The van der Waals surface area contributed by atoms with Gasteiger partial charge in [-0.2, -0.15) is 4.98 Å². The predicted molar refractivity (Wildman–Crippen MR) is 114 cm³/mol. The average molecular weight is 385 g/mol. The van der Waals surface area contributed by atoms with Gasteiger partial charge in [0.15, 0.2) is 11.6 Å². The predicted octanol–water partition coefficient (Wildman–Crippen LogP) is 4.27. The van der Waals surface area contributed by atoms with Crippen molar-refractivity contribution < 1.29 is 9.53 Å². The van der Waals surface area contributed by atoms with Crippen LogP contribution in [0.3, 0.4) is 0 Å². The molecule has 152 valence electrons. The van der Waals surface area contributed by atoms with Gasteiger partial charge in [0.1, 0.15) is 5.78 Å². The van der Waals surface area contributed by atoms with E-state index in [1.54, 1.807) is 6.20 Å². The van der Waals surface area contributed by atoms with Gasteiger partial charge in [-0.25, -0.2) is 4.98 Å². The molecule has 6 nitrogen and oxygen atoms in total. The summed E-state index contributed by atoms with van der Waals surface area (Å²) in [6.07, 6.45) is 6.58. The lowest BCUT2D eigenvalue weighted by molar-refractivity contribution is -0.123. The smallest absolute Gasteiger partial charge is 0.222 e. The van der Waals surface area contributed by atoms with Gasteiger partial charge in [0.05, 0.1) is 12.8 Å². The average Bonchev–Trinajstić information content (AvgIpc) is 2.70. The van der Waals surface area contributed by atoms with E-state index < -0.39 is 0 Å². The van der Waals surface area contributed by atoms with Crippen molar-refractivity contribution in [1.29, 1.82) is 0 Å². The summed E-state index contributed by atoms with van der Waals surface area (Å²) in [7, 11) is 0. The number of rotatable bonds is 13. The fraction of sp³-hybridized carbons (Fsp3) is 0.500. The number of nitrogens with two attached hydrogens (primary N) is 1. The molecule has 3 N–H and O–H groups in total. The number of hydrogen-bond acceptors (Lipinski definition) is 6. The van der Waals surface area contributed by atoms with Gasteiger partial charge >= 0.3 is 0 Å². The minimum absolute atomic E-state index is 0.0476. The summed E-state index contributed by atoms with van der Waals surface area (Å²) in [5.74, 6) is 1.65. The minimum Gasteiger partial charge on any atom is -0.488 e. The van der Waals surface area contributed by atoms with E-state index in [1.165, 1.54) is 5.56 Å². The zero-order chi connectivity index (χ0) is 20.2. The molecule has 0 saturated carbocycles. The molecular formula is C22H32N4O2. The molecule has 0 aliphatic heterocycles. The number of ether oxygens (including phenoxy) is 1. The summed E-state index contributed by atoms with van der Waals surface area (Å²) in [4.78, 5) is 20.8. The highest BCUT2D eigenvalue weighted by atomic mass is 16.5. The third-order valence-corrected chi connectivity index (χ3v) is 4.60. The Morgan fingerprint density at radius 2 is 2.00 bits per heavy atom. The fourth-order valence-electron chi connectivity index (χ4n) is 3.04. The maximum absolute atomic E-state index is 12.6. The van der Waals surface area contributed by atoms with E-state index in [1.807, 2.05) is 25.1 Å². The molecule has 2 aromatic rings. The second-order valence-electron chi connectivity index (χ2n) is 6.96. The number of carbonyl (C=O) groups is 1. The standard InChI is InChI=1S/C22H32N4O2/c1-3-5-13-24-21-20(16-25-22(23)26-21)28-14-12-18(19(27)9-4-2)15-17-10-7-6-8-11-17/h6-8,10-11,16,18H,3-5,9,12-15H2,1-2H3,(H3,23,24,25,26). The summed E-state index contributed by atoms with van der Waals surface area (Å²) in [5.41, 5.74) is 6.88. The van der Waals surface area contributed by atoms with Crippen LogP contribution in [0.4, 0.5) is 11.8 Å². The number of benzene rings is 1. The maximum atomic E-state index is 12.6. The van der Waals surface area contributed by atoms with Gasteiger partial charge < -0.3 is 15.8 Å². The van der Waals surface area contributed by atoms with Crippen LogP contribution in [-0.4, -0.2) is 28.9 Å². The van der Waals surface area contributed by atoms with Gasteiger partial charge in [-0.05, 0) is 31.2 Å². The molecule has 0 aliphatic rings. The lowest BCUT2D eigenvalue weighted by Gasteiger charge is -2.17. The Bertz CT molecular complexity index is 722. The van der Waals surface area contributed by atoms with Crippen LogP contribution in [-0.2, 0) is 11.2 Å². The molecule has 6 heteroatoms. The summed E-state index contributed by atoms with van der Waals surface area (Å²) in [5, 5.41) is 3.25. The van der Waals surface area contributed by atoms with Gasteiger partial charge in [0, 0.05) is 18.9 Å². The number of hydrogen-bond donors (Lipinski definition) is 2. The molecule has 0 aliphatic carbocycles. The lowest BCUT2D eigenvalue weighted by atomic mass is 9.90. The molecule has 1 unspecified atom stereocenters. The van der Waals surface area contributed by atoms with Gasteiger partial charge in [-0.1, -0.05) is 50.6 Å². The summed E-state index contributed by atoms with van der Waals surface area (Å²) < 4.78 is 5.92. The molecule has 28 heavy (non-hydrogen) atoms. The Kier molecular flexibility index (Phi) is 9.25. The molecule has 1 atom stereocenters. The van der Waals surface area contributed by atoms with Crippen molar-refractivity contribution in [3.05, 3.63) is 42.1 Å². The van der Waals surface area contributed by atoms with Crippen molar-refractivity contribution in [2.45, 2.75) is 52.4 Å². The van der Waals surface area contributed by atoms with Crippen LogP contribution >= 0.6 is 0 Å². The highest BCUT2D eigenvalue weighted by molar-refractivity contribution is 5.81. The van der Waals surface area contributed by atoms with Crippen molar-refractivity contribution in [3.8, 4) is 5.75 Å². The van der Waals surface area contributed by atoms with E-state index in [0.29, 0.717) is 36.8 Å². The van der Waals surface area contributed by atoms with Crippen LogP contribution in [0.2, 0.25) is 0 Å². The number of carbonyl (C=O) groups excluding carboxylic acids is 1. The fourth-order valence-corrected chi connectivity index (χ4v) is 3.04. The second-order valence-corrected chi connectivity index (χ2v) is 6.96. The van der Waals surface area contributed by atoms with E-state index in [4.69, 9.17) is 10.5 Å². The number of nitrogen functional groups attached to an aromatic ring is 1. The maximum Gasteiger partial charge on any atom is 0.222 e. The molecule has 0 bridgehead atoms. The SMILES string of the molecule is CCCCNc1nc(N)ncc1OCCC(Cc1ccccc1)C(=O)CCC. The van der Waals surface area contributed by atoms with Crippen molar-refractivity contribution in [3.63, 3.8) is 0 Å². The molecule has 1 aromatic carbocycles. The number of aromatic nitrogens is 2. The molecular weight excluding hydrogens is 352 g/mol. The quantitative estimate of drug-likeness (QED) is 0.501. The highest BCUT2D eigenvalue weighted by Crippen LogP contribution is 2.23. The van der Waals surface area contributed by atoms with E-state index in [2.05, 4.69) is 34.3 Å². The van der Waals surface area contributed by atoms with E-state index >= 15 is 0 Å². The van der Waals surface area contributed by atoms with Crippen LogP contribution < -0.4 is 15.8 Å². The second kappa shape index (κ2) is 12.0. The highest BCUT2D eigenvalue weighted by Gasteiger charge is 2.19. The molecule has 0 amide bonds. The number of unbranched alkanes of at least 4 members (excludes halogenated alkanes) is 1. The Labute approximate surface area is 167 Å². The molecule has 1 heterocycles. The third-order valence-electron chi connectivity index (χ3n) is 4.60. The largest absolute Gasteiger partial charge is 0.488 e. The number of anilines is 2. The molecule has 2 rings (SSSR count). The Morgan fingerprint density at radius 3 is 2.71 bits per heavy atom. The summed E-state index contributed by atoms with van der Waals surface area (Å²) in [6.45, 7) is 5.40. The van der Waals surface area contributed by atoms with Crippen molar-refractivity contribution in [1.82, 2.24) is 9.97 Å². The van der Waals surface area contributed by atoms with Gasteiger partial charge in [-0.15, -0.1) is 0 Å². The Morgan fingerprint density at radius 1 is 1.21 bits per heavy atom. The van der Waals surface area contributed by atoms with Crippen LogP contribution in [0.25, 0.3) is 0 Å². The first-order valence-electron chi connectivity index (χ1n) is 10.2. The summed E-state index contributed by atoms with van der Waals surface area (Å²) >= 11 is 0. The third kappa shape index (κ3) is 7.18. The van der Waals surface area contributed by atoms with Gasteiger partial charge in [0.2, 0.25) is 5.95 Å². The number of ketones is 1. The van der Waals surface area contributed by atoms with Gasteiger partial charge in [0.25, 0.3) is 0 Å². The van der Waals surface area contributed by atoms with E-state index in [9.17, 15) is 4.79 Å². The summed E-state index contributed by atoms with van der Waals surface area (Å²) in [6, 6.07) is 10.1. The van der Waals surface area contributed by atoms with Crippen molar-refractivity contribution in [2.75, 3.05) is 24.2 Å². The molecule has 0 saturated heterocycles. The zero-order valence-corrected chi connectivity index (χ0v) is 17.0. The number of Topliss-reactive ketones (excluding diaryl/α,β-unsaturated/α-hetero) is 1. The minimum atomic E-state index is -0.0476. The number of nitrogens with one attached hydrogen (secondary N) is 1. The topological polar surface area (TPSA) is 90.1 Å². The lowest BCUT2D eigenvalue weighted by Crippen LogP contribution is -2.20. The Balaban J connectivity index is 1.98. The molecule has 1 aromatic heterocycles. The molecule has 0 spiro atoms. The first kappa shape index (κ1) is 21.7. The van der Waals surface area contributed by atoms with E-state index in [0.717, 1.165) is 32.2 Å². The van der Waals surface area contributed by atoms with Crippen molar-refractivity contribution >= 4 is 17.5 Å². The zero-order valence-electron chi connectivity index (χ0n) is 17.0. The molecule has 0 radical (unpaired) electrons. The normalized spacial score (nSPS) is 11.8. The first-order valence-corrected chi connectivity index (χ1v) is 10.2. The van der Waals surface area contributed by atoms with Crippen LogP contribution in [0.15, 0.2) is 36.5 Å². The van der Waals surface area contributed by atoms with Crippen molar-refractivity contribution in [2.24, 2.45) is 5.92 Å². The van der Waals surface area contributed by atoms with Crippen LogP contribution in [0, 0.1) is 5.92 Å². The molecule has 0 fully saturated rings. The Hall–Kier alpha value is -2.63. The first-order chi connectivity index (χ1) is 13.6. The number of nitrogens with zero attached hydrogens (tertiary/aromatic N) is 2. The van der Waals surface area contributed by atoms with Crippen LogP contribution in [0.1, 0.15) is 51.5 Å². The van der Waals surface area contributed by atoms with Crippen LogP contribution in [0.5, 0.6) is 5.75 Å². The monoisotopic (exact) mass is 384 g/mol.